The Morgan fingerprint density at radius 2 is 1.83 bits per heavy atom. The number of ether oxygens (including phenoxy) is 2. The molecule has 4 aliphatic carbocycles. The number of hydrogen-bond donors (Lipinski definition) is 2. The van der Waals surface area contributed by atoms with Crippen LogP contribution in [0.2, 0.25) is 0 Å². The normalized spacial score (nSPS) is 32.6. The predicted octanol–water partition coefficient (Wildman–Crippen LogP) is 5.98. The van der Waals surface area contributed by atoms with Gasteiger partial charge in [-0.05, 0) is 112 Å². The van der Waals surface area contributed by atoms with Crippen molar-refractivity contribution in [3.8, 4) is 0 Å². The van der Waals surface area contributed by atoms with Crippen LogP contribution in [0.15, 0.2) is 42.3 Å². The highest BCUT2D eigenvalue weighted by Gasteiger charge is 2.57. The molecule has 2 amide bonds. The van der Waals surface area contributed by atoms with Gasteiger partial charge in [-0.25, -0.2) is 4.79 Å². The van der Waals surface area contributed by atoms with Gasteiger partial charge in [0.25, 0.3) is 0 Å². The van der Waals surface area contributed by atoms with Crippen molar-refractivity contribution >= 4 is 23.5 Å². The van der Waals surface area contributed by atoms with E-state index in [1.807, 2.05) is 18.5 Å². The lowest BCUT2D eigenvalue weighted by Crippen LogP contribution is -2.50. The molecule has 0 spiro atoms. The quantitative estimate of drug-likeness (QED) is 0.318. The minimum absolute atomic E-state index is 0.140. The third-order valence-corrected chi connectivity index (χ3v) is 10.4. The molecule has 0 bridgehead atoms. The Morgan fingerprint density at radius 3 is 2.55 bits per heavy atom. The van der Waals surface area contributed by atoms with Crippen LogP contribution in [0.5, 0.6) is 0 Å². The number of alkyl carbamates (subject to hydrolysis) is 1. The van der Waals surface area contributed by atoms with Crippen LogP contribution < -0.4 is 10.6 Å². The Bertz CT molecular complexity index is 1270. The molecule has 228 valence electrons. The van der Waals surface area contributed by atoms with Gasteiger partial charge in [0.1, 0.15) is 24.3 Å². The first kappa shape index (κ1) is 30.3. The van der Waals surface area contributed by atoms with Crippen LogP contribution in [0.1, 0.15) is 92.1 Å². The number of pyridine rings is 1. The molecular formula is C34H47N3O5. The first-order valence-electron chi connectivity index (χ1n) is 15.6. The number of amides is 2. The Hall–Kier alpha value is -3.16. The zero-order valence-corrected chi connectivity index (χ0v) is 26.0. The van der Waals surface area contributed by atoms with E-state index in [4.69, 9.17) is 9.47 Å². The zero-order valence-electron chi connectivity index (χ0n) is 26.0. The van der Waals surface area contributed by atoms with Crippen LogP contribution in [0, 0.1) is 28.6 Å². The van der Waals surface area contributed by atoms with Crippen molar-refractivity contribution in [1.82, 2.24) is 15.6 Å². The summed E-state index contributed by atoms with van der Waals surface area (Å²) in [7, 11) is 0. The molecule has 5 rings (SSSR count). The monoisotopic (exact) mass is 577 g/mol. The summed E-state index contributed by atoms with van der Waals surface area (Å²) >= 11 is 0. The standard InChI is InChI=1S/C34H47N3O5/c1-21(37-31(40)42-32(2,3)4)30(39)36-20-29(38)41-24-13-15-33(5)23(18-24)9-10-25-27-12-11-26(22-8-7-17-35-19-22)34(27,6)16-14-28(25)33/h7-9,11,17,19,21,24-25,27-28H,10,12-16,18,20H2,1-6H3,(H,36,39)(H,37,40)/t21-,24-,25-,27-,28-,33-,34+/m0/s1. The Morgan fingerprint density at radius 1 is 1.07 bits per heavy atom. The van der Waals surface area contributed by atoms with Crippen LogP contribution in [0.3, 0.4) is 0 Å². The van der Waals surface area contributed by atoms with Gasteiger partial charge in [-0.3, -0.25) is 14.6 Å². The van der Waals surface area contributed by atoms with Crippen molar-refractivity contribution in [2.45, 2.75) is 104 Å². The molecule has 8 heteroatoms. The summed E-state index contributed by atoms with van der Waals surface area (Å²) in [6.45, 7) is 11.5. The molecule has 8 nitrogen and oxygen atoms in total. The summed E-state index contributed by atoms with van der Waals surface area (Å²) in [4.78, 5) is 41.4. The number of aromatic nitrogens is 1. The highest BCUT2D eigenvalue weighted by atomic mass is 16.6. The second-order valence-electron chi connectivity index (χ2n) is 14.3. The first-order valence-corrected chi connectivity index (χ1v) is 15.6. The predicted molar refractivity (Wildman–Crippen MR) is 161 cm³/mol. The third kappa shape index (κ3) is 6.00. The molecule has 2 saturated carbocycles. The number of nitrogens with one attached hydrogen (secondary N) is 2. The van der Waals surface area contributed by atoms with Gasteiger partial charge in [-0.1, -0.05) is 37.6 Å². The van der Waals surface area contributed by atoms with Gasteiger partial charge in [0.05, 0.1) is 0 Å². The molecule has 2 N–H and O–H groups in total. The van der Waals surface area contributed by atoms with Gasteiger partial charge >= 0.3 is 12.1 Å². The van der Waals surface area contributed by atoms with E-state index in [9.17, 15) is 14.4 Å². The molecule has 1 heterocycles. The lowest BCUT2D eigenvalue weighted by Gasteiger charge is -2.57. The van der Waals surface area contributed by atoms with Crippen molar-refractivity contribution in [2.75, 3.05) is 6.54 Å². The maximum absolute atomic E-state index is 12.6. The van der Waals surface area contributed by atoms with E-state index >= 15 is 0 Å². The van der Waals surface area contributed by atoms with Gasteiger partial charge in [0, 0.05) is 18.8 Å². The van der Waals surface area contributed by atoms with E-state index in [1.165, 1.54) is 29.6 Å². The smallest absolute Gasteiger partial charge is 0.408 e. The number of allylic oxidation sites excluding steroid dienone is 3. The van der Waals surface area contributed by atoms with Crippen LogP contribution in [0.4, 0.5) is 4.79 Å². The highest BCUT2D eigenvalue weighted by Crippen LogP contribution is 2.66. The highest BCUT2D eigenvalue weighted by molar-refractivity contribution is 5.88. The fourth-order valence-corrected chi connectivity index (χ4v) is 8.35. The molecule has 0 aromatic carbocycles. The number of hydrogen-bond acceptors (Lipinski definition) is 6. The Labute approximate surface area is 250 Å². The molecule has 1 aromatic rings. The lowest BCUT2D eigenvalue weighted by atomic mass is 9.47. The molecule has 7 atom stereocenters. The molecule has 1 aromatic heterocycles. The topological polar surface area (TPSA) is 107 Å². The Balaban J connectivity index is 1.14. The first-order chi connectivity index (χ1) is 19.8. The van der Waals surface area contributed by atoms with Gasteiger partial charge in [-0.2, -0.15) is 0 Å². The number of fused-ring (bicyclic) bond motifs is 5. The van der Waals surface area contributed by atoms with Crippen LogP contribution in [-0.2, 0) is 19.1 Å². The maximum atomic E-state index is 12.6. The average molecular weight is 578 g/mol. The molecule has 42 heavy (non-hydrogen) atoms. The number of nitrogens with zero attached hydrogens (tertiary/aromatic N) is 1. The average Bonchev–Trinajstić information content (AvgIpc) is 3.28. The minimum Gasteiger partial charge on any atom is -0.461 e. The van der Waals surface area contributed by atoms with Gasteiger partial charge in [-0.15, -0.1) is 0 Å². The Kier molecular flexibility index (Phi) is 8.29. The molecule has 0 aliphatic heterocycles. The number of carbonyl (C=O) groups excluding carboxylic acids is 3. The third-order valence-electron chi connectivity index (χ3n) is 10.4. The van der Waals surface area contributed by atoms with E-state index in [-0.39, 0.29) is 23.5 Å². The summed E-state index contributed by atoms with van der Waals surface area (Å²) < 4.78 is 11.0. The summed E-state index contributed by atoms with van der Waals surface area (Å²) in [5.74, 6) is 1.03. The number of rotatable bonds is 6. The fraction of sp³-hybridized carbons (Fsp3) is 0.647. The maximum Gasteiger partial charge on any atom is 0.408 e. The lowest BCUT2D eigenvalue weighted by molar-refractivity contribution is -0.151. The summed E-state index contributed by atoms with van der Waals surface area (Å²) in [6.07, 6.45) is 15.2. The summed E-state index contributed by atoms with van der Waals surface area (Å²) in [5.41, 5.74) is 3.87. The SMILES string of the molecule is C[C@H](NC(=O)OC(C)(C)C)C(=O)NCC(=O)O[C@H]1CC[C@@]2(C)C(=CC[C@@H]3[C@@H]2CC[C@]2(C)C(c4cccnc4)=CC[C@@H]32)C1. The van der Waals surface area contributed by atoms with Crippen LogP contribution in [-0.4, -0.2) is 47.2 Å². The molecule has 0 saturated heterocycles. The molecule has 4 aliphatic rings. The molecule has 2 fully saturated rings. The van der Waals surface area contributed by atoms with Crippen molar-refractivity contribution in [2.24, 2.45) is 28.6 Å². The largest absolute Gasteiger partial charge is 0.461 e. The van der Waals surface area contributed by atoms with E-state index in [2.05, 4.69) is 47.7 Å². The van der Waals surface area contributed by atoms with E-state index in [0.29, 0.717) is 17.8 Å². The zero-order chi connectivity index (χ0) is 30.3. The van der Waals surface area contributed by atoms with Crippen molar-refractivity contribution < 1.29 is 23.9 Å². The van der Waals surface area contributed by atoms with Gasteiger partial charge in [0.15, 0.2) is 0 Å². The second-order valence-corrected chi connectivity index (χ2v) is 14.3. The van der Waals surface area contributed by atoms with E-state index in [0.717, 1.165) is 32.1 Å². The minimum atomic E-state index is -0.837. The van der Waals surface area contributed by atoms with E-state index < -0.39 is 29.6 Å². The second kappa shape index (κ2) is 11.5. The van der Waals surface area contributed by atoms with Crippen LogP contribution >= 0.6 is 0 Å². The fourth-order valence-electron chi connectivity index (χ4n) is 8.35. The van der Waals surface area contributed by atoms with Crippen LogP contribution in [0.25, 0.3) is 5.57 Å². The molecule has 0 unspecified atom stereocenters. The van der Waals surface area contributed by atoms with Crippen molar-refractivity contribution in [3.05, 3.63) is 47.8 Å². The summed E-state index contributed by atoms with van der Waals surface area (Å²) in [6, 6.07) is 3.41. The number of carbonyl (C=O) groups is 3. The molecule has 0 radical (unpaired) electrons. The number of esters is 1. The summed E-state index contributed by atoms with van der Waals surface area (Å²) in [5, 5.41) is 5.06. The van der Waals surface area contributed by atoms with Crippen molar-refractivity contribution in [1.29, 1.82) is 0 Å². The van der Waals surface area contributed by atoms with Gasteiger partial charge in [0.2, 0.25) is 5.91 Å². The van der Waals surface area contributed by atoms with E-state index in [1.54, 1.807) is 27.7 Å². The van der Waals surface area contributed by atoms with Gasteiger partial charge < -0.3 is 20.1 Å². The van der Waals surface area contributed by atoms with Crippen molar-refractivity contribution in [3.63, 3.8) is 0 Å². The molecular weight excluding hydrogens is 530 g/mol.